The third-order valence-electron chi connectivity index (χ3n) is 3.15. The summed E-state index contributed by atoms with van der Waals surface area (Å²) in [6.07, 6.45) is -0.533. The third kappa shape index (κ3) is 3.96. The molecule has 1 aromatic carbocycles. The lowest BCUT2D eigenvalue weighted by atomic mass is 10.2. The summed E-state index contributed by atoms with van der Waals surface area (Å²) >= 11 is 0. The van der Waals surface area contributed by atoms with Gasteiger partial charge < -0.3 is 19.6 Å². The van der Waals surface area contributed by atoms with Crippen molar-refractivity contribution in [2.45, 2.75) is 12.7 Å². The highest BCUT2D eigenvalue weighted by Crippen LogP contribution is 2.07. The molecule has 0 aromatic heterocycles. The van der Waals surface area contributed by atoms with Gasteiger partial charge in [-0.3, -0.25) is 4.79 Å². The molecule has 1 atom stereocenters. The highest BCUT2D eigenvalue weighted by atomic mass is 16.6. The second kappa shape index (κ2) is 6.91. The van der Waals surface area contributed by atoms with Crippen LogP contribution in [-0.2, 0) is 16.1 Å². The fraction of sp³-hybridized carbons (Fsp3) is 0.429. The number of ether oxygens (including phenoxy) is 1. The van der Waals surface area contributed by atoms with Crippen molar-refractivity contribution < 1.29 is 19.4 Å². The monoisotopic (exact) mass is 278 g/mol. The van der Waals surface area contributed by atoms with Gasteiger partial charge in [0.1, 0.15) is 6.61 Å². The molecule has 1 saturated heterocycles. The fourth-order valence-corrected chi connectivity index (χ4v) is 2.09. The first-order chi connectivity index (χ1) is 9.69. The maximum absolute atomic E-state index is 12.0. The molecular weight excluding hydrogens is 260 g/mol. The molecule has 1 aliphatic rings. The first-order valence-electron chi connectivity index (χ1n) is 6.52. The molecule has 0 spiro atoms. The molecule has 0 aliphatic carbocycles. The van der Waals surface area contributed by atoms with Crippen molar-refractivity contribution in [3.63, 3.8) is 0 Å². The minimum absolute atomic E-state index is 0.179. The van der Waals surface area contributed by atoms with E-state index in [9.17, 15) is 14.7 Å². The topological polar surface area (TPSA) is 70.1 Å². The summed E-state index contributed by atoms with van der Waals surface area (Å²) in [7, 11) is 0. The number of carbonyl (C=O) groups is 2. The van der Waals surface area contributed by atoms with Crippen molar-refractivity contribution >= 4 is 12.5 Å². The predicted molar refractivity (Wildman–Crippen MR) is 71.8 cm³/mol. The van der Waals surface area contributed by atoms with Crippen LogP contribution in [0.4, 0.5) is 4.79 Å². The van der Waals surface area contributed by atoms with E-state index in [1.54, 1.807) is 0 Å². The standard InChI is InChI=1S/C14H18N2O4/c17-11-15-6-7-16(9-13(18)8-15)14(19)20-10-12-4-2-1-3-5-12/h1-5,11,13,18H,6-10H2. The predicted octanol–water partition coefficient (Wildman–Crippen LogP) is 0.458. The summed E-state index contributed by atoms with van der Waals surface area (Å²) in [6.45, 7) is 1.39. The van der Waals surface area contributed by atoms with Gasteiger partial charge in [-0.2, -0.15) is 0 Å². The molecule has 1 aromatic rings. The number of amides is 2. The Morgan fingerprint density at radius 1 is 1.30 bits per heavy atom. The Morgan fingerprint density at radius 2 is 2.05 bits per heavy atom. The normalized spacial score (nSPS) is 19.4. The highest BCUT2D eigenvalue weighted by molar-refractivity contribution is 5.67. The number of β-amino-alcohol motifs (C(OH)–C–C–N with tert-alkyl or cyclic N) is 1. The maximum atomic E-state index is 12.0. The second-order valence-corrected chi connectivity index (χ2v) is 4.74. The number of benzene rings is 1. The number of aliphatic hydroxyl groups excluding tert-OH is 1. The van der Waals surface area contributed by atoms with E-state index < -0.39 is 12.2 Å². The number of rotatable bonds is 3. The van der Waals surface area contributed by atoms with Gasteiger partial charge in [-0.1, -0.05) is 30.3 Å². The lowest BCUT2D eigenvalue weighted by Gasteiger charge is -2.20. The van der Waals surface area contributed by atoms with Crippen LogP contribution in [0.5, 0.6) is 0 Å². The number of nitrogens with zero attached hydrogens (tertiary/aromatic N) is 2. The van der Waals surface area contributed by atoms with Gasteiger partial charge in [0.2, 0.25) is 6.41 Å². The molecule has 2 rings (SSSR count). The van der Waals surface area contributed by atoms with Gasteiger partial charge in [0.05, 0.1) is 12.6 Å². The van der Waals surface area contributed by atoms with E-state index >= 15 is 0 Å². The van der Waals surface area contributed by atoms with Crippen LogP contribution in [-0.4, -0.2) is 59.7 Å². The molecule has 1 N–H and O–H groups in total. The number of hydrogen-bond acceptors (Lipinski definition) is 4. The molecular formula is C14H18N2O4. The Balaban J connectivity index is 1.87. The average Bonchev–Trinajstić information content (AvgIpc) is 2.67. The Labute approximate surface area is 117 Å². The molecule has 0 radical (unpaired) electrons. The van der Waals surface area contributed by atoms with Crippen LogP contribution in [0, 0.1) is 0 Å². The first kappa shape index (κ1) is 14.3. The first-order valence-corrected chi connectivity index (χ1v) is 6.52. The van der Waals surface area contributed by atoms with E-state index in [0.717, 1.165) is 5.56 Å². The molecule has 1 heterocycles. The minimum atomic E-state index is -0.744. The second-order valence-electron chi connectivity index (χ2n) is 4.74. The number of aliphatic hydroxyl groups is 1. The fourth-order valence-electron chi connectivity index (χ4n) is 2.09. The Bertz CT molecular complexity index is 452. The van der Waals surface area contributed by atoms with Crippen molar-refractivity contribution in [3.05, 3.63) is 35.9 Å². The summed E-state index contributed by atoms with van der Waals surface area (Å²) < 4.78 is 5.21. The summed E-state index contributed by atoms with van der Waals surface area (Å²) in [4.78, 5) is 25.6. The SMILES string of the molecule is O=CN1CCN(C(=O)OCc2ccccc2)CC(O)C1. The van der Waals surface area contributed by atoms with Crippen LogP contribution in [0.2, 0.25) is 0 Å². The molecule has 108 valence electrons. The summed E-state index contributed by atoms with van der Waals surface area (Å²) in [5.41, 5.74) is 0.908. The lowest BCUT2D eigenvalue weighted by Crippen LogP contribution is -2.38. The smallest absolute Gasteiger partial charge is 0.410 e. The van der Waals surface area contributed by atoms with E-state index in [0.29, 0.717) is 19.5 Å². The molecule has 1 aliphatic heterocycles. The van der Waals surface area contributed by atoms with Crippen molar-refractivity contribution in [3.8, 4) is 0 Å². The molecule has 1 fully saturated rings. The van der Waals surface area contributed by atoms with Crippen LogP contribution in [0.1, 0.15) is 5.56 Å². The third-order valence-corrected chi connectivity index (χ3v) is 3.15. The van der Waals surface area contributed by atoms with Crippen molar-refractivity contribution in [1.82, 2.24) is 9.80 Å². The summed E-state index contributed by atoms with van der Waals surface area (Å²) in [6, 6.07) is 9.39. The Morgan fingerprint density at radius 3 is 2.75 bits per heavy atom. The Hall–Kier alpha value is -2.08. The average molecular weight is 278 g/mol. The summed E-state index contributed by atoms with van der Waals surface area (Å²) in [5.74, 6) is 0. The van der Waals surface area contributed by atoms with Crippen LogP contribution >= 0.6 is 0 Å². The molecule has 0 bridgehead atoms. The molecule has 20 heavy (non-hydrogen) atoms. The van der Waals surface area contributed by atoms with E-state index in [1.807, 2.05) is 30.3 Å². The van der Waals surface area contributed by atoms with Gasteiger partial charge in [0, 0.05) is 19.6 Å². The highest BCUT2D eigenvalue weighted by Gasteiger charge is 2.24. The Kier molecular flexibility index (Phi) is 4.95. The van der Waals surface area contributed by atoms with Gasteiger partial charge in [0.15, 0.2) is 0 Å². The van der Waals surface area contributed by atoms with Crippen LogP contribution in [0.15, 0.2) is 30.3 Å². The zero-order valence-electron chi connectivity index (χ0n) is 11.1. The number of hydrogen-bond donors (Lipinski definition) is 1. The number of carbonyl (C=O) groups excluding carboxylic acids is 2. The molecule has 2 amide bonds. The van der Waals surface area contributed by atoms with Crippen LogP contribution in [0.25, 0.3) is 0 Å². The largest absolute Gasteiger partial charge is 0.445 e. The van der Waals surface area contributed by atoms with Crippen molar-refractivity contribution in [2.75, 3.05) is 26.2 Å². The molecule has 6 heteroatoms. The van der Waals surface area contributed by atoms with E-state index in [-0.39, 0.29) is 19.7 Å². The zero-order valence-corrected chi connectivity index (χ0v) is 11.1. The quantitative estimate of drug-likeness (QED) is 0.815. The van der Waals surface area contributed by atoms with Crippen molar-refractivity contribution in [1.29, 1.82) is 0 Å². The van der Waals surface area contributed by atoms with Crippen LogP contribution in [0.3, 0.4) is 0 Å². The molecule has 0 saturated carbocycles. The van der Waals surface area contributed by atoms with Gasteiger partial charge in [-0.15, -0.1) is 0 Å². The molecule has 6 nitrogen and oxygen atoms in total. The van der Waals surface area contributed by atoms with Gasteiger partial charge in [-0.25, -0.2) is 4.79 Å². The van der Waals surface area contributed by atoms with Gasteiger partial charge >= 0.3 is 6.09 Å². The van der Waals surface area contributed by atoms with E-state index in [1.165, 1.54) is 9.80 Å². The van der Waals surface area contributed by atoms with Gasteiger partial charge in [-0.05, 0) is 5.56 Å². The zero-order chi connectivity index (χ0) is 14.4. The minimum Gasteiger partial charge on any atom is -0.445 e. The van der Waals surface area contributed by atoms with E-state index in [2.05, 4.69) is 0 Å². The van der Waals surface area contributed by atoms with E-state index in [4.69, 9.17) is 4.74 Å². The molecule has 1 unspecified atom stereocenters. The maximum Gasteiger partial charge on any atom is 0.410 e. The lowest BCUT2D eigenvalue weighted by molar-refractivity contribution is -0.118. The van der Waals surface area contributed by atoms with Crippen molar-refractivity contribution in [2.24, 2.45) is 0 Å². The van der Waals surface area contributed by atoms with Crippen LogP contribution < -0.4 is 0 Å². The summed E-state index contributed by atoms with van der Waals surface area (Å²) in [5, 5.41) is 9.75. The van der Waals surface area contributed by atoms with Gasteiger partial charge in [0.25, 0.3) is 0 Å².